The molecule has 0 unspecified atom stereocenters. The van der Waals surface area contributed by atoms with E-state index in [0.29, 0.717) is 18.9 Å². The largest absolute Gasteiger partial charge is 0.477 e. The number of hydrogen-bond acceptors (Lipinski definition) is 6. The number of piperazine rings is 1. The van der Waals surface area contributed by atoms with E-state index in [1.54, 1.807) is 0 Å². The van der Waals surface area contributed by atoms with Gasteiger partial charge in [-0.3, -0.25) is 9.35 Å². The van der Waals surface area contributed by atoms with Gasteiger partial charge in [-0.1, -0.05) is 20.8 Å². The predicted molar refractivity (Wildman–Crippen MR) is 132 cm³/mol. The van der Waals surface area contributed by atoms with Crippen molar-refractivity contribution in [2.75, 3.05) is 50.5 Å². The maximum Gasteiger partial charge on any atom is 0.341 e. The molecule has 194 valence electrons. The van der Waals surface area contributed by atoms with Gasteiger partial charge in [0.25, 0.3) is 0 Å². The van der Waals surface area contributed by atoms with Crippen molar-refractivity contribution in [2.45, 2.75) is 39.7 Å². The molecule has 35 heavy (non-hydrogen) atoms. The summed E-state index contributed by atoms with van der Waals surface area (Å²) in [4.78, 5) is 26.3. The van der Waals surface area contributed by atoms with Crippen LogP contribution in [0.25, 0.3) is 10.9 Å². The summed E-state index contributed by atoms with van der Waals surface area (Å²) in [7, 11) is -5.88. The van der Waals surface area contributed by atoms with Gasteiger partial charge in [-0.2, -0.15) is 12.7 Å². The van der Waals surface area contributed by atoms with Crippen LogP contribution >= 0.6 is 0 Å². The SMILES string of the molecule is CCN(CC)CC.[2H]C1([2H])N(c2cc3c(cc2F)c(=O)c(C(=O)O)cn3C2CC2)C([2H])([2H])C([2H])([2H])N(S(=O)(=O)O)C1([2H])[2H]. The molecule has 1 aromatic carbocycles. The van der Waals surface area contributed by atoms with Crippen molar-refractivity contribution in [2.24, 2.45) is 0 Å². The molecule has 1 saturated carbocycles. The minimum atomic E-state index is -5.88. The number of benzene rings is 1. The number of carbonyl (C=O) groups is 1. The van der Waals surface area contributed by atoms with Crippen LogP contribution in [0, 0.1) is 5.82 Å². The van der Waals surface area contributed by atoms with Crippen molar-refractivity contribution >= 4 is 32.9 Å². The van der Waals surface area contributed by atoms with Crippen molar-refractivity contribution in [3.63, 3.8) is 0 Å². The van der Waals surface area contributed by atoms with Crippen molar-refractivity contribution in [1.29, 1.82) is 0 Å². The molecular weight excluding hydrogens is 479 g/mol. The van der Waals surface area contributed by atoms with Gasteiger partial charge in [0.2, 0.25) is 5.43 Å². The maximum absolute atomic E-state index is 15.4. The second kappa shape index (κ2) is 11.0. The third-order valence-electron chi connectivity index (χ3n) is 5.61. The number of nitrogens with zero attached hydrogens (tertiary/aromatic N) is 4. The molecule has 1 aromatic heterocycles. The number of fused-ring (bicyclic) bond motifs is 1. The average Bonchev–Trinajstić information content (AvgIpc) is 3.69. The molecule has 2 heterocycles. The second-order valence-corrected chi connectivity index (χ2v) is 9.04. The highest BCUT2D eigenvalue weighted by Crippen LogP contribution is 2.38. The molecule has 2 fully saturated rings. The third-order valence-corrected chi connectivity index (χ3v) is 6.26. The van der Waals surface area contributed by atoms with E-state index in [2.05, 4.69) is 25.7 Å². The average molecular weight is 521 g/mol. The van der Waals surface area contributed by atoms with Crippen LogP contribution in [-0.2, 0) is 10.3 Å². The Hall–Kier alpha value is -2.54. The normalized spacial score (nSPS) is 26.1. The zero-order valence-electron chi connectivity index (χ0n) is 27.4. The Bertz CT molecular complexity index is 1550. The number of aromatic nitrogens is 1. The van der Waals surface area contributed by atoms with Gasteiger partial charge in [0.05, 0.1) is 16.7 Å². The molecule has 4 rings (SSSR count). The summed E-state index contributed by atoms with van der Waals surface area (Å²) >= 11 is 0. The van der Waals surface area contributed by atoms with Gasteiger partial charge >= 0.3 is 16.3 Å². The van der Waals surface area contributed by atoms with E-state index in [1.165, 1.54) is 24.2 Å². The van der Waals surface area contributed by atoms with Crippen LogP contribution in [-0.4, -0.2) is 83.4 Å². The highest BCUT2D eigenvalue weighted by atomic mass is 32.2. The van der Waals surface area contributed by atoms with E-state index >= 15 is 4.39 Å². The van der Waals surface area contributed by atoms with E-state index < -0.39 is 74.4 Å². The summed E-state index contributed by atoms with van der Waals surface area (Å²) in [5.74, 6) is -3.12. The Morgan fingerprint density at radius 3 is 2.14 bits per heavy atom. The molecule has 1 aliphatic heterocycles. The first-order valence-corrected chi connectivity index (χ1v) is 12.4. The summed E-state index contributed by atoms with van der Waals surface area (Å²) in [5, 5.41) is 8.90. The number of anilines is 1. The Kier molecular flexibility index (Phi) is 5.61. The third kappa shape index (κ3) is 6.18. The molecule has 0 bridgehead atoms. The van der Waals surface area contributed by atoms with Crippen molar-refractivity contribution in [3.8, 4) is 0 Å². The first kappa shape index (κ1) is 17.8. The fraction of sp³-hybridized carbons (Fsp3) is 0.565. The van der Waals surface area contributed by atoms with Gasteiger partial charge in [-0.05, 0) is 44.6 Å². The summed E-state index contributed by atoms with van der Waals surface area (Å²) in [6.45, 7) is -5.52. The molecule has 10 nitrogen and oxygen atoms in total. The zero-order chi connectivity index (χ0) is 33.1. The van der Waals surface area contributed by atoms with Gasteiger partial charge in [0, 0.05) is 49.1 Å². The van der Waals surface area contributed by atoms with E-state index in [-0.39, 0.29) is 16.5 Å². The van der Waals surface area contributed by atoms with Gasteiger partial charge in [-0.15, -0.1) is 0 Å². The fourth-order valence-corrected chi connectivity index (χ4v) is 3.80. The quantitative estimate of drug-likeness (QED) is 0.534. The highest BCUT2D eigenvalue weighted by molar-refractivity contribution is 7.83. The zero-order valence-corrected chi connectivity index (χ0v) is 20.3. The van der Waals surface area contributed by atoms with Crippen LogP contribution in [0.1, 0.15) is 61.0 Å². The number of aromatic carboxylic acids is 1. The molecule has 1 saturated heterocycles. The minimum absolute atomic E-state index is 0.158. The Morgan fingerprint density at radius 2 is 1.71 bits per heavy atom. The number of carboxylic acids is 1. The number of rotatable bonds is 7. The van der Waals surface area contributed by atoms with Crippen LogP contribution in [0.3, 0.4) is 0 Å². The lowest BCUT2D eigenvalue weighted by molar-refractivity contribution is 0.0694. The van der Waals surface area contributed by atoms with E-state index in [4.69, 9.17) is 11.0 Å². The summed E-state index contributed by atoms with van der Waals surface area (Å²) in [6.07, 6.45) is 2.08. The van der Waals surface area contributed by atoms with E-state index in [1.807, 2.05) is 0 Å². The first-order valence-electron chi connectivity index (χ1n) is 15.0. The monoisotopic (exact) mass is 520 g/mol. The highest BCUT2D eigenvalue weighted by Gasteiger charge is 2.30. The minimum Gasteiger partial charge on any atom is -0.477 e. The number of halogens is 1. The molecule has 12 heteroatoms. The van der Waals surface area contributed by atoms with E-state index in [9.17, 15) is 27.7 Å². The van der Waals surface area contributed by atoms with Crippen LogP contribution < -0.4 is 10.3 Å². The van der Waals surface area contributed by atoms with Crippen LogP contribution in [0.5, 0.6) is 0 Å². The van der Waals surface area contributed by atoms with Crippen molar-refractivity contribution < 1.29 is 38.2 Å². The molecule has 2 aromatic rings. The molecule has 0 spiro atoms. The maximum atomic E-state index is 15.4. The van der Waals surface area contributed by atoms with Crippen LogP contribution in [0.4, 0.5) is 10.1 Å². The van der Waals surface area contributed by atoms with Crippen LogP contribution in [0.15, 0.2) is 23.1 Å². The molecule has 2 N–H and O–H groups in total. The lowest BCUT2D eigenvalue weighted by Gasteiger charge is -2.34. The predicted octanol–water partition coefficient (Wildman–Crippen LogP) is 2.45. The summed E-state index contributed by atoms with van der Waals surface area (Å²) < 4.78 is 114. The molecule has 0 radical (unpaired) electrons. The number of carboxylic acid groups (broad SMARTS) is 1. The van der Waals surface area contributed by atoms with Crippen molar-refractivity contribution in [1.82, 2.24) is 13.8 Å². The van der Waals surface area contributed by atoms with E-state index in [0.717, 1.165) is 12.3 Å². The summed E-state index contributed by atoms with van der Waals surface area (Å²) in [6, 6.07) is 0.929. The Morgan fingerprint density at radius 1 is 1.14 bits per heavy atom. The number of hydrogen-bond donors (Lipinski definition) is 2. The molecule has 0 atom stereocenters. The van der Waals surface area contributed by atoms with Gasteiger partial charge < -0.3 is 19.5 Å². The Labute approximate surface area is 215 Å². The lowest BCUT2D eigenvalue weighted by atomic mass is 10.1. The molecule has 1 aliphatic carbocycles. The summed E-state index contributed by atoms with van der Waals surface area (Å²) in [5.41, 5.74) is -3.00. The van der Waals surface area contributed by atoms with Gasteiger partial charge in [0.15, 0.2) is 0 Å². The van der Waals surface area contributed by atoms with Crippen LogP contribution in [0.2, 0.25) is 0 Å². The van der Waals surface area contributed by atoms with Crippen molar-refractivity contribution in [3.05, 3.63) is 39.9 Å². The molecular formula is C23H33FN4O6S. The fourth-order valence-electron chi connectivity index (χ4n) is 3.49. The molecule has 0 amide bonds. The standard InChI is InChI=1S/C17H18FN3O6S.C6H15N/c18-13-7-11-14(21(10-1-2-10)9-12(16(11)22)17(23)24)8-15(13)19-3-5-20(6-4-19)28(25,26)27;1-4-7(5-2)6-3/h7-10H,1-6H2,(H,23,24)(H,25,26,27);4-6H2,1-3H3/i3D2,4D2,5D2,6D2;. The van der Waals surface area contributed by atoms with Gasteiger partial charge in [-0.25, -0.2) is 9.18 Å². The number of pyridine rings is 1. The lowest BCUT2D eigenvalue weighted by Crippen LogP contribution is -2.48. The first-order chi connectivity index (χ1) is 19.5. The smallest absolute Gasteiger partial charge is 0.341 e. The Balaban J connectivity index is 0.000000646. The second-order valence-electron chi connectivity index (χ2n) is 7.78. The van der Waals surface area contributed by atoms with Gasteiger partial charge in [0.1, 0.15) is 11.4 Å². The topological polar surface area (TPSA) is 123 Å². The molecule has 2 aliphatic rings.